The van der Waals surface area contributed by atoms with Gasteiger partial charge in [0.25, 0.3) is 0 Å². The van der Waals surface area contributed by atoms with E-state index in [-0.39, 0.29) is 5.75 Å². The zero-order valence-electron chi connectivity index (χ0n) is 7.19. The van der Waals surface area contributed by atoms with Gasteiger partial charge in [-0.2, -0.15) is 0 Å². The van der Waals surface area contributed by atoms with Crippen LogP contribution in [0.1, 0.15) is 5.56 Å². The van der Waals surface area contributed by atoms with Gasteiger partial charge in [-0.1, -0.05) is 12.1 Å². The van der Waals surface area contributed by atoms with Crippen LogP contribution >= 0.6 is 0 Å². The highest BCUT2D eigenvalue weighted by molar-refractivity contribution is 7.92. The molecule has 13 heavy (non-hydrogen) atoms. The van der Waals surface area contributed by atoms with E-state index >= 15 is 0 Å². The zero-order valence-corrected chi connectivity index (χ0v) is 8.00. The van der Waals surface area contributed by atoms with Crippen LogP contribution < -0.4 is 0 Å². The molecule has 0 aliphatic carbocycles. The Morgan fingerprint density at radius 1 is 1.62 bits per heavy atom. The number of hydrogen-bond acceptors (Lipinski definition) is 2. The highest BCUT2D eigenvalue weighted by Gasteiger charge is 2.14. The van der Waals surface area contributed by atoms with Crippen molar-refractivity contribution in [2.75, 3.05) is 5.75 Å². The van der Waals surface area contributed by atoms with E-state index in [2.05, 4.69) is 0 Å². The predicted molar refractivity (Wildman–Crippen MR) is 50.1 cm³/mol. The Hall–Kier alpha value is -1.00. The lowest BCUT2D eigenvalue weighted by Gasteiger charge is -2.07. The molecule has 0 amide bonds. The van der Waals surface area contributed by atoms with Gasteiger partial charge in [-0.15, -0.1) is 0 Å². The summed E-state index contributed by atoms with van der Waals surface area (Å²) in [5.41, 5.74) is 0.983. The van der Waals surface area contributed by atoms with Crippen LogP contribution in [0.3, 0.4) is 0 Å². The van der Waals surface area contributed by atoms with Crippen molar-refractivity contribution in [3.63, 3.8) is 0 Å². The van der Waals surface area contributed by atoms with Crippen molar-refractivity contribution >= 4 is 17.1 Å². The molecule has 1 aromatic carbocycles. The number of benzene rings is 1. The zero-order chi connectivity index (χ0) is 9.84. The van der Waals surface area contributed by atoms with Crippen LogP contribution in [0.25, 0.3) is 0 Å². The maximum Gasteiger partial charge on any atom is 0.354 e. The lowest BCUT2D eigenvalue weighted by molar-refractivity contribution is -0.134. The first-order valence-electron chi connectivity index (χ1n) is 3.76. The molecule has 0 bridgehead atoms. The second kappa shape index (κ2) is 4.30. The minimum Gasteiger partial charge on any atom is -0.611 e. The van der Waals surface area contributed by atoms with Crippen molar-refractivity contribution in [1.82, 2.24) is 0 Å². The minimum atomic E-state index is -1.42. The summed E-state index contributed by atoms with van der Waals surface area (Å²) in [6.07, 6.45) is 0. The van der Waals surface area contributed by atoms with E-state index in [9.17, 15) is 9.35 Å². The number of rotatable bonds is 3. The molecule has 1 N–H and O–H groups in total. The molecule has 0 radical (unpaired) electrons. The number of carboxylic acid groups (broad SMARTS) is 1. The van der Waals surface area contributed by atoms with E-state index in [1.807, 2.05) is 13.0 Å². The number of aliphatic carboxylic acids is 1. The summed E-state index contributed by atoms with van der Waals surface area (Å²) in [4.78, 5) is 10.8. The van der Waals surface area contributed by atoms with Crippen molar-refractivity contribution in [3.05, 3.63) is 29.8 Å². The third kappa shape index (κ3) is 3.08. The Morgan fingerprint density at radius 2 is 2.31 bits per heavy atom. The molecular formula is C9H10O3S. The molecule has 4 heteroatoms. The Labute approximate surface area is 79.6 Å². The maximum atomic E-state index is 11.3. The van der Waals surface area contributed by atoms with E-state index in [4.69, 9.17) is 5.11 Å². The second-order valence-corrected chi connectivity index (χ2v) is 4.15. The fourth-order valence-corrected chi connectivity index (χ4v) is 1.89. The van der Waals surface area contributed by atoms with Gasteiger partial charge in [0, 0.05) is 0 Å². The van der Waals surface area contributed by atoms with E-state index < -0.39 is 17.1 Å². The van der Waals surface area contributed by atoms with Crippen molar-refractivity contribution < 1.29 is 14.5 Å². The topological polar surface area (TPSA) is 60.4 Å². The summed E-state index contributed by atoms with van der Waals surface area (Å²) in [6.45, 7) is 1.88. The molecular weight excluding hydrogens is 188 g/mol. The Kier molecular flexibility index (Phi) is 3.33. The fraction of sp³-hybridized carbons (Fsp3) is 0.222. The fourth-order valence-electron chi connectivity index (χ4n) is 0.952. The second-order valence-electron chi connectivity index (χ2n) is 2.70. The van der Waals surface area contributed by atoms with Gasteiger partial charge in [0.1, 0.15) is 0 Å². The van der Waals surface area contributed by atoms with Gasteiger partial charge in [0.05, 0.1) is 0 Å². The van der Waals surface area contributed by atoms with Crippen molar-refractivity contribution in [3.8, 4) is 0 Å². The molecule has 0 unspecified atom stereocenters. The van der Waals surface area contributed by atoms with Gasteiger partial charge in [0.2, 0.25) is 5.75 Å². The molecule has 1 atom stereocenters. The van der Waals surface area contributed by atoms with Crippen LogP contribution in [0.4, 0.5) is 0 Å². The molecule has 1 aromatic rings. The highest BCUT2D eigenvalue weighted by atomic mass is 32.2. The first kappa shape index (κ1) is 10.1. The van der Waals surface area contributed by atoms with E-state index in [0.29, 0.717) is 4.90 Å². The predicted octanol–water partition coefficient (Wildman–Crippen LogP) is 1.19. The summed E-state index contributed by atoms with van der Waals surface area (Å²) in [5.74, 6) is -1.37. The molecule has 0 aliphatic rings. The van der Waals surface area contributed by atoms with Gasteiger partial charge >= 0.3 is 5.97 Å². The van der Waals surface area contributed by atoms with Crippen molar-refractivity contribution in [2.24, 2.45) is 0 Å². The number of carbonyl (C=O) groups is 1. The summed E-state index contributed by atoms with van der Waals surface area (Å²) in [5, 5.41) is 8.42. The van der Waals surface area contributed by atoms with E-state index in [1.165, 1.54) is 0 Å². The first-order chi connectivity index (χ1) is 6.09. The average Bonchev–Trinajstić information content (AvgIpc) is 2.03. The minimum absolute atomic E-state index is 0.330. The quantitative estimate of drug-likeness (QED) is 0.742. The van der Waals surface area contributed by atoms with Crippen LogP contribution in [-0.4, -0.2) is 21.4 Å². The summed E-state index contributed by atoms with van der Waals surface area (Å²) < 4.78 is 11.3. The smallest absolute Gasteiger partial charge is 0.354 e. The number of hydrogen-bond donors (Lipinski definition) is 1. The van der Waals surface area contributed by atoms with Crippen LogP contribution in [0.5, 0.6) is 0 Å². The van der Waals surface area contributed by atoms with Crippen LogP contribution in [0.2, 0.25) is 0 Å². The van der Waals surface area contributed by atoms with Crippen molar-refractivity contribution in [2.45, 2.75) is 11.8 Å². The maximum absolute atomic E-state index is 11.3. The summed E-state index contributed by atoms with van der Waals surface area (Å²) in [7, 11) is 0. The summed E-state index contributed by atoms with van der Waals surface area (Å²) in [6, 6.07) is 7.05. The van der Waals surface area contributed by atoms with Gasteiger partial charge in [0.15, 0.2) is 4.90 Å². The third-order valence-corrected chi connectivity index (χ3v) is 2.80. The molecule has 0 aliphatic heterocycles. The number of aryl methyl sites for hydroxylation is 1. The van der Waals surface area contributed by atoms with Crippen LogP contribution in [0, 0.1) is 6.92 Å². The average molecular weight is 198 g/mol. The Balaban J connectivity index is 2.76. The lowest BCUT2D eigenvalue weighted by Crippen LogP contribution is -2.15. The number of carboxylic acids is 1. The van der Waals surface area contributed by atoms with Gasteiger partial charge in [-0.05, 0) is 35.8 Å². The first-order valence-corrected chi connectivity index (χ1v) is 5.08. The Bertz CT molecular complexity index is 311. The van der Waals surface area contributed by atoms with Gasteiger partial charge in [-0.3, -0.25) is 0 Å². The monoisotopic (exact) mass is 198 g/mol. The van der Waals surface area contributed by atoms with Crippen molar-refractivity contribution in [1.29, 1.82) is 0 Å². The molecule has 3 nitrogen and oxygen atoms in total. The van der Waals surface area contributed by atoms with Gasteiger partial charge in [-0.25, -0.2) is 4.79 Å². The molecule has 70 valence electrons. The molecule has 0 heterocycles. The molecule has 0 saturated heterocycles. The standard InChI is InChI=1S/C9H10O3S/c1-7-3-2-4-8(5-7)13(12)6-9(10)11/h2-5H,6H2,1H3,(H,10,11)/t13-/m1/s1. The molecule has 0 aromatic heterocycles. The molecule has 0 saturated carbocycles. The highest BCUT2D eigenvalue weighted by Crippen LogP contribution is 2.12. The SMILES string of the molecule is Cc1cccc([S@+]([O-])CC(=O)O)c1. The largest absolute Gasteiger partial charge is 0.611 e. The van der Waals surface area contributed by atoms with Gasteiger partial charge < -0.3 is 9.66 Å². The van der Waals surface area contributed by atoms with Crippen LogP contribution in [0.15, 0.2) is 29.2 Å². The Morgan fingerprint density at radius 3 is 2.85 bits per heavy atom. The lowest BCUT2D eigenvalue weighted by atomic mass is 10.2. The van der Waals surface area contributed by atoms with E-state index in [1.54, 1.807) is 18.2 Å². The third-order valence-electron chi connectivity index (χ3n) is 1.51. The van der Waals surface area contributed by atoms with Crippen LogP contribution in [-0.2, 0) is 16.0 Å². The summed E-state index contributed by atoms with van der Waals surface area (Å²) >= 11 is -1.42. The van der Waals surface area contributed by atoms with E-state index in [0.717, 1.165) is 5.56 Å². The molecule has 0 fully saturated rings. The molecule has 1 rings (SSSR count). The normalized spacial score (nSPS) is 12.5. The molecule has 0 spiro atoms.